The van der Waals surface area contributed by atoms with E-state index in [0.717, 1.165) is 13.3 Å². The van der Waals surface area contributed by atoms with Crippen molar-refractivity contribution in [3.8, 4) is 23.0 Å². The molecule has 1 unspecified atom stereocenters. The summed E-state index contributed by atoms with van der Waals surface area (Å²) < 4.78 is 57.4. The first kappa shape index (κ1) is 32.3. The van der Waals surface area contributed by atoms with Crippen LogP contribution < -0.4 is 69.1 Å². The molecule has 0 saturated carbocycles. The molecular formula is C23H25FN6NaO9P. The number of ether oxygens (including phenoxy) is 4. The van der Waals surface area contributed by atoms with E-state index in [4.69, 9.17) is 23.6 Å². The maximum atomic E-state index is 14.7. The van der Waals surface area contributed by atoms with Gasteiger partial charge in [0.2, 0.25) is 17.5 Å². The normalized spacial score (nSPS) is 15.0. The molecule has 2 N–H and O–H groups in total. The number of rotatable bonds is 10. The van der Waals surface area contributed by atoms with E-state index in [1.165, 1.54) is 47.3 Å². The van der Waals surface area contributed by atoms with Gasteiger partial charge in [-0.2, -0.15) is 14.7 Å². The minimum atomic E-state index is -4.91. The number of fused-ring (bicyclic) bond motifs is 1. The number of nitrogens with one attached hydrogen (secondary N) is 2. The topological polar surface area (TPSA) is 179 Å². The fraction of sp³-hybridized carbons (Fsp3) is 0.304. The number of anilines is 5. The third kappa shape index (κ3) is 6.98. The van der Waals surface area contributed by atoms with Crippen LogP contribution in [0.5, 0.6) is 23.0 Å². The number of phosphoric ester groups is 1. The molecule has 3 heterocycles. The standard InChI is InChI=1S/C23H26FN6O9P.Na/c1-23(2)21(31)30(39-40(32,33)37-6)20-14(38-23)7-8-17(28-20)27-19-13(24)11-25-22(29-19)26-12-9-15(34-3)18(36-5)16(10-12)35-4;/h7-11H,1-6H3,(H,32,33)(H2,25,26,27,28,29);/q;+1/p-1. The number of pyridine rings is 1. The summed E-state index contributed by atoms with van der Waals surface area (Å²) in [7, 11) is 0.343. The summed E-state index contributed by atoms with van der Waals surface area (Å²) in [6.07, 6.45) is 0.922. The van der Waals surface area contributed by atoms with Crippen LogP contribution in [0.2, 0.25) is 0 Å². The molecule has 4 rings (SSSR count). The number of hydrogen-bond donors (Lipinski definition) is 2. The van der Waals surface area contributed by atoms with Crippen LogP contribution in [0.15, 0.2) is 30.5 Å². The molecular weight excluding hydrogens is 577 g/mol. The number of nitrogens with zero attached hydrogens (tertiary/aromatic N) is 4. The number of halogens is 1. The Morgan fingerprint density at radius 1 is 1.05 bits per heavy atom. The number of hydrogen-bond acceptors (Lipinski definition) is 14. The van der Waals surface area contributed by atoms with Gasteiger partial charge in [-0.15, -0.1) is 0 Å². The van der Waals surface area contributed by atoms with E-state index in [1.807, 2.05) is 0 Å². The number of carbonyl (C=O) groups excluding carboxylic acids is 1. The Hall–Kier alpha value is -3.24. The zero-order chi connectivity index (χ0) is 29.2. The molecule has 0 fully saturated rings. The fourth-order valence-corrected chi connectivity index (χ4v) is 3.94. The van der Waals surface area contributed by atoms with Gasteiger partial charge in [0.05, 0.1) is 27.5 Å². The van der Waals surface area contributed by atoms with Gasteiger partial charge < -0.3 is 39.0 Å². The first-order valence-corrected chi connectivity index (χ1v) is 12.8. The van der Waals surface area contributed by atoms with Crippen LogP contribution in [0, 0.1) is 5.82 Å². The molecule has 0 aliphatic carbocycles. The maximum Gasteiger partial charge on any atom is 1.00 e. The average molecular weight is 602 g/mol. The van der Waals surface area contributed by atoms with Gasteiger partial charge in [-0.05, 0) is 26.0 Å². The Labute approximate surface area is 256 Å². The van der Waals surface area contributed by atoms with Gasteiger partial charge in [-0.3, -0.25) is 9.36 Å². The summed E-state index contributed by atoms with van der Waals surface area (Å²) in [4.78, 5) is 37.1. The first-order chi connectivity index (χ1) is 18.9. The number of methoxy groups -OCH3 is 3. The average Bonchev–Trinajstić information content (AvgIpc) is 2.92. The number of carbonyl (C=O) groups is 1. The number of amides is 1. The molecule has 15 nitrogen and oxygen atoms in total. The molecule has 3 aromatic rings. The quantitative estimate of drug-likeness (QED) is 0.235. The minimum Gasteiger partial charge on any atom is -0.755 e. The van der Waals surface area contributed by atoms with Crippen molar-refractivity contribution in [1.82, 2.24) is 15.0 Å². The molecule has 1 amide bonds. The zero-order valence-electron chi connectivity index (χ0n) is 23.2. The van der Waals surface area contributed by atoms with Crippen molar-refractivity contribution < 1.29 is 76.3 Å². The molecule has 0 bridgehead atoms. The van der Waals surface area contributed by atoms with E-state index in [0.29, 0.717) is 28.0 Å². The Morgan fingerprint density at radius 2 is 1.71 bits per heavy atom. The summed E-state index contributed by atoms with van der Waals surface area (Å²) in [6, 6.07) is 6.01. The second-order valence-corrected chi connectivity index (χ2v) is 9.92. The minimum absolute atomic E-state index is 0. The number of aromatic nitrogens is 3. The second-order valence-electron chi connectivity index (χ2n) is 8.50. The third-order valence-corrected chi connectivity index (χ3v) is 6.22. The largest absolute Gasteiger partial charge is 1.00 e. The second kappa shape index (κ2) is 12.7. The molecule has 0 saturated heterocycles. The van der Waals surface area contributed by atoms with Crippen LogP contribution in [0.3, 0.4) is 0 Å². The maximum absolute atomic E-state index is 14.7. The first-order valence-electron chi connectivity index (χ1n) is 11.4. The van der Waals surface area contributed by atoms with Crippen LogP contribution in [-0.2, 0) is 18.5 Å². The Bertz CT molecular complexity index is 1470. The van der Waals surface area contributed by atoms with E-state index in [2.05, 4.69) is 30.1 Å². The van der Waals surface area contributed by atoms with Gasteiger partial charge in [-0.25, -0.2) is 14.4 Å². The zero-order valence-corrected chi connectivity index (χ0v) is 26.1. The van der Waals surface area contributed by atoms with Gasteiger partial charge >= 0.3 is 29.6 Å². The van der Waals surface area contributed by atoms with Gasteiger partial charge in [0.1, 0.15) is 5.82 Å². The number of phosphoric acid groups is 1. The van der Waals surface area contributed by atoms with Gasteiger partial charge in [0, 0.05) is 24.9 Å². The molecule has 18 heteroatoms. The van der Waals surface area contributed by atoms with Crippen LogP contribution in [0.1, 0.15) is 13.8 Å². The van der Waals surface area contributed by atoms with E-state index < -0.39 is 25.1 Å². The number of hydroxylamine groups is 1. The number of benzene rings is 1. The van der Waals surface area contributed by atoms with E-state index >= 15 is 0 Å². The van der Waals surface area contributed by atoms with Crippen molar-refractivity contribution in [3.05, 3.63) is 36.3 Å². The summed E-state index contributed by atoms with van der Waals surface area (Å²) >= 11 is 0. The Balaban J connectivity index is 0.00000462. The van der Waals surface area contributed by atoms with Crippen molar-refractivity contribution in [2.45, 2.75) is 19.4 Å². The molecule has 41 heavy (non-hydrogen) atoms. The molecule has 1 aliphatic rings. The van der Waals surface area contributed by atoms with Crippen molar-refractivity contribution in [2.24, 2.45) is 0 Å². The fourth-order valence-electron chi connectivity index (χ4n) is 3.52. The molecule has 2 aromatic heterocycles. The molecule has 214 valence electrons. The van der Waals surface area contributed by atoms with Crippen molar-refractivity contribution in [2.75, 3.05) is 44.1 Å². The molecule has 1 atom stereocenters. The van der Waals surface area contributed by atoms with E-state index in [-0.39, 0.29) is 58.7 Å². The predicted molar refractivity (Wildman–Crippen MR) is 137 cm³/mol. The van der Waals surface area contributed by atoms with E-state index in [1.54, 1.807) is 12.1 Å². The van der Waals surface area contributed by atoms with Crippen molar-refractivity contribution in [1.29, 1.82) is 0 Å². The molecule has 1 aromatic carbocycles. The van der Waals surface area contributed by atoms with Crippen LogP contribution in [0.4, 0.5) is 33.5 Å². The predicted octanol–water partition coefficient (Wildman–Crippen LogP) is 0.0781. The SMILES string of the molecule is COc1cc(Nc2ncc(F)c(Nc3ccc4c(n3)N(OP(=O)([O-])OC)C(=O)C(C)(C)O4)n2)cc(OC)c1OC.[Na+]. The summed E-state index contributed by atoms with van der Waals surface area (Å²) in [6.45, 7) is 2.84. The van der Waals surface area contributed by atoms with Crippen LogP contribution >= 0.6 is 7.82 Å². The van der Waals surface area contributed by atoms with Crippen molar-refractivity contribution in [3.63, 3.8) is 0 Å². The third-order valence-electron chi connectivity index (χ3n) is 5.41. The monoisotopic (exact) mass is 602 g/mol. The Kier molecular flexibility index (Phi) is 10.0. The summed E-state index contributed by atoms with van der Waals surface area (Å²) in [5.41, 5.74) is -1.03. The molecule has 1 aliphatic heterocycles. The van der Waals surface area contributed by atoms with Gasteiger partial charge in [0.15, 0.2) is 34.5 Å². The Morgan fingerprint density at radius 3 is 2.29 bits per heavy atom. The smallest absolute Gasteiger partial charge is 0.755 e. The van der Waals surface area contributed by atoms with Gasteiger partial charge in [0.25, 0.3) is 13.7 Å². The molecule has 0 radical (unpaired) electrons. The summed E-state index contributed by atoms with van der Waals surface area (Å²) in [5.74, 6) is -1.21. The summed E-state index contributed by atoms with van der Waals surface area (Å²) in [5, 5.41) is 6.03. The molecule has 0 spiro atoms. The van der Waals surface area contributed by atoms with Crippen LogP contribution in [-0.4, -0.2) is 54.9 Å². The van der Waals surface area contributed by atoms with Gasteiger partial charge in [-0.1, -0.05) is 0 Å². The van der Waals surface area contributed by atoms with E-state index in [9.17, 15) is 18.6 Å². The van der Waals surface area contributed by atoms with Crippen molar-refractivity contribution >= 4 is 42.8 Å². The van der Waals surface area contributed by atoms with Crippen LogP contribution in [0.25, 0.3) is 0 Å².